The van der Waals surface area contributed by atoms with E-state index in [2.05, 4.69) is 13.2 Å². The molecule has 63 heavy (non-hydrogen) atoms. The van der Waals surface area contributed by atoms with Gasteiger partial charge in [-0.15, -0.1) is 0 Å². The van der Waals surface area contributed by atoms with Crippen molar-refractivity contribution >= 4 is 41.5 Å². The van der Waals surface area contributed by atoms with Crippen LogP contribution in [0.5, 0.6) is 23.0 Å². The highest BCUT2D eigenvalue weighted by Gasteiger charge is 2.16. The van der Waals surface area contributed by atoms with Crippen LogP contribution in [-0.4, -0.2) is 56.5 Å². The third-order valence-electron chi connectivity index (χ3n) is 9.33. The van der Waals surface area contributed by atoms with Gasteiger partial charge in [0.1, 0.15) is 23.0 Å². The Bertz CT molecular complexity index is 2220. The van der Waals surface area contributed by atoms with Gasteiger partial charge in [-0.05, 0) is 142 Å². The highest BCUT2D eigenvalue weighted by molar-refractivity contribution is 5.95. The van der Waals surface area contributed by atoms with Crippen molar-refractivity contribution in [3.8, 4) is 23.0 Å². The zero-order chi connectivity index (χ0) is 44.5. The van der Waals surface area contributed by atoms with E-state index in [-0.39, 0.29) is 11.5 Å². The Balaban J connectivity index is 1.22. The summed E-state index contributed by atoms with van der Waals surface area (Å²) >= 11 is 0. The average molecular weight is 853 g/mol. The maximum Gasteiger partial charge on any atom is 0.343 e. The van der Waals surface area contributed by atoms with Crippen molar-refractivity contribution in [2.75, 3.05) is 31.4 Å². The molecule has 0 aliphatic rings. The van der Waals surface area contributed by atoms with Gasteiger partial charge >= 0.3 is 23.9 Å². The van der Waals surface area contributed by atoms with Gasteiger partial charge in [-0.1, -0.05) is 49.6 Å². The maximum atomic E-state index is 13.5. The zero-order valence-electron chi connectivity index (χ0n) is 35.2. The minimum atomic E-state index is -0.602. The van der Waals surface area contributed by atoms with Gasteiger partial charge in [0, 0.05) is 17.7 Å². The first-order valence-corrected chi connectivity index (χ1v) is 20.9. The first-order chi connectivity index (χ1) is 30.8. The van der Waals surface area contributed by atoms with Crippen LogP contribution in [0.1, 0.15) is 77.6 Å². The SMILES string of the molecule is C=CC(=O)OCCCCCCOc1ccc(C(=O)Oc2ccc(OC(=O)c3ccc(OCCCCCCOC(=O)C=C)cc3)c(/C=N/N(c3ccccc3)c3ccccc3)c2)cc1. The van der Waals surface area contributed by atoms with Crippen molar-refractivity contribution in [1.82, 2.24) is 0 Å². The van der Waals surface area contributed by atoms with E-state index in [0.29, 0.717) is 54.6 Å². The molecule has 0 spiro atoms. The molecular weight excluding hydrogens is 801 g/mol. The Kier molecular flexibility index (Phi) is 19.2. The molecule has 0 saturated heterocycles. The second kappa shape index (κ2) is 26.0. The van der Waals surface area contributed by atoms with E-state index in [0.717, 1.165) is 74.9 Å². The van der Waals surface area contributed by atoms with E-state index in [1.54, 1.807) is 78.0 Å². The second-order valence-electron chi connectivity index (χ2n) is 14.0. The van der Waals surface area contributed by atoms with Crippen molar-refractivity contribution in [2.24, 2.45) is 5.10 Å². The number of carbonyl (C=O) groups excluding carboxylic acids is 4. The molecule has 12 nitrogen and oxygen atoms in total. The van der Waals surface area contributed by atoms with Crippen LogP contribution in [0.2, 0.25) is 0 Å². The fourth-order valence-corrected chi connectivity index (χ4v) is 5.98. The maximum absolute atomic E-state index is 13.5. The Morgan fingerprint density at radius 1 is 0.492 bits per heavy atom. The van der Waals surface area contributed by atoms with E-state index in [4.69, 9.17) is 33.5 Å². The molecule has 0 radical (unpaired) electrons. The van der Waals surface area contributed by atoms with E-state index >= 15 is 0 Å². The number of benzene rings is 5. The van der Waals surface area contributed by atoms with Crippen LogP contribution in [0.15, 0.2) is 158 Å². The smallest absolute Gasteiger partial charge is 0.343 e. The molecule has 5 aromatic rings. The number of anilines is 2. The number of hydrogen-bond donors (Lipinski definition) is 0. The lowest BCUT2D eigenvalue weighted by Crippen LogP contribution is -2.12. The van der Waals surface area contributed by atoms with Gasteiger partial charge in [-0.3, -0.25) is 0 Å². The summed E-state index contributed by atoms with van der Waals surface area (Å²) < 4.78 is 33.4. The predicted octanol–water partition coefficient (Wildman–Crippen LogP) is 10.6. The Hall–Kier alpha value is -7.47. The summed E-state index contributed by atoms with van der Waals surface area (Å²) in [6.45, 7) is 8.51. The second-order valence-corrected chi connectivity index (χ2v) is 14.0. The number of hydrazone groups is 1. The Morgan fingerprint density at radius 3 is 1.38 bits per heavy atom. The van der Waals surface area contributed by atoms with E-state index in [1.807, 2.05) is 60.7 Å². The van der Waals surface area contributed by atoms with Crippen LogP contribution in [-0.2, 0) is 19.1 Å². The van der Waals surface area contributed by atoms with Gasteiger partial charge in [-0.2, -0.15) is 5.10 Å². The largest absolute Gasteiger partial charge is 0.494 e. The highest BCUT2D eigenvalue weighted by Crippen LogP contribution is 2.29. The molecule has 0 aliphatic carbocycles. The number of ether oxygens (including phenoxy) is 6. The van der Waals surface area contributed by atoms with Gasteiger partial charge in [0.15, 0.2) is 0 Å². The summed E-state index contributed by atoms with van der Waals surface area (Å²) in [5.41, 5.74) is 2.60. The van der Waals surface area contributed by atoms with E-state index in [1.165, 1.54) is 0 Å². The lowest BCUT2D eigenvalue weighted by molar-refractivity contribution is -0.138. The van der Waals surface area contributed by atoms with Crippen LogP contribution in [0.4, 0.5) is 11.4 Å². The van der Waals surface area contributed by atoms with Gasteiger partial charge in [-0.25, -0.2) is 24.2 Å². The molecule has 12 heteroatoms. The summed E-state index contributed by atoms with van der Waals surface area (Å²) in [5, 5.41) is 6.55. The molecule has 5 aromatic carbocycles. The number of nitrogens with zero attached hydrogens (tertiary/aromatic N) is 2. The normalized spacial score (nSPS) is 10.7. The molecule has 0 atom stereocenters. The van der Waals surface area contributed by atoms with E-state index < -0.39 is 23.9 Å². The molecule has 0 aromatic heterocycles. The van der Waals surface area contributed by atoms with Gasteiger partial charge in [0.05, 0.1) is 55.1 Å². The molecule has 326 valence electrons. The fraction of sp³-hybridized carbons (Fsp3) is 0.235. The molecule has 5 rings (SSSR count). The summed E-state index contributed by atoms with van der Waals surface area (Å²) in [6.07, 6.45) is 10.7. The lowest BCUT2D eigenvalue weighted by atomic mass is 10.2. The van der Waals surface area contributed by atoms with Crippen molar-refractivity contribution in [1.29, 1.82) is 0 Å². The number of hydrogen-bond acceptors (Lipinski definition) is 12. The van der Waals surface area contributed by atoms with Gasteiger partial charge in [0.25, 0.3) is 0 Å². The first kappa shape index (κ1) is 46.6. The molecule has 0 fully saturated rings. The van der Waals surface area contributed by atoms with Crippen molar-refractivity contribution in [3.63, 3.8) is 0 Å². The Labute approximate surface area is 368 Å². The summed E-state index contributed by atoms with van der Waals surface area (Å²) in [7, 11) is 0. The van der Waals surface area contributed by atoms with Crippen molar-refractivity contribution < 1.29 is 47.6 Å². The first-order valence-electron chi connectivity index (χ1n) is 20.9. The van der Waals surface area contributed by atoms with Crippen LogP contribution in [0.25, 0.3) is 0 Å². The molecule has 0 bridgehead atoms. The summed E-state index contributed by atoms with van der Waals surface area (Å²) in [4.78, 5) is 49.1. The molecule has 0 saturated carbocycles. The molecule has 0 heterocycles. The summed E-state index contributed by atoms with van der Waals surface area (Å²) in [5.74, 6) is -0.380. The quantitative estimate of drug-likeness (QED) is 0.0131. The number of para-hydroxylation sites is 2. The fourth-order valence-electron chi connectivity index (χ4n) is 5.98. The molecule has 0 unspecified atom stereocenters. The third kappa shape index (κ3) is 16.1. The van der Waals surface area contributed by atoms with Crippen LogP contribution in [0, 0.1) is 0 Å². The van der Waals surface area contributed by atoms with Crippen LogP contribution < -0.4 is 24.0 Å². The third-order valence-corrected chi connectivity index (χ3v) is 9.33. The highest BCUT2D eigenvalue weighted by atomic mass is 16.5. The summed E-state index contributed by atoms with van der Waals surface area (Å²) in [6, 6.07) is 37.3. The topological polar surface area (TPSA) is 139 Å². The average Bonchev–Trinajstić information content (AvgIpc) is 3.32. The minimum Gasteiger partial charge on any atom is -0.494 e. The number of rotatable bonds is 26. The Morgan fingerprint density at radius 2 is 0.921 bits per heavy atom. The predicted molar refractivity (Wildman–Crippen MR) is 242 cm³/mol. The number of unbranched alkanes of at least 4 members (excludes halogenated alkanes) is 6. The zero-order valence-corrected chi connectivity index (χ0v) is 35.2. The molecule has 0 N–H and O–H groups in total. The standard InChI is InChI=1S/C51H52N2O10/c1-3-48(54)60-35-17-7-5-15-33-58-44-27-23-39(24-28-44)50(56)62-46-31-32-47(41(37-46)38-52-53(42-19-11-9-12-20-42)43-21-13-10-14-22-43)63-51(57)40-25-29-45(30-26-40)59-34-16-6-8-18-36-61-49(55)4-2/h3-4,9-14,19-32,37-38H,1-2,5-8,15-18,33-36H2/b52-38+. The minimum absolute atomic E-state index is 0.196. The van der Waals surface area contributed by atoms with E-state index in [9.17, 15) is 19.2 Å². The van der Waals surface area contributed by atoms with Crippen LogP contribution >= 0.6 is 0 Å². The molecule has 0 amide bonds. The number of carbonyl (C=O) groups is 4. The van der Waals surface area contributed by atoms with Crippen molar-refractivity contribution in [2.45, 2.75) is 51.4 Å². The monoisotopic (exact) mass is 852 g/mol. The lowest BCUT2D eigenvalue weighted by Gasteiger charge is -2.19. The molecule has 0 aliphatic heterocycles. The number of esters is 4. The van der Waals surface area contributed by atoms with Crippen molar-refractivity contribution in [3.05, 3.63) is 169 Å². The van der Waals surface area contributed by atoms with Gasteiger partial charge < -0.3 is 28.4 Å². The van der Waals surface area contributed by atoms with Crippen LogP contribution in [0.3, 0.4) is 0 Å². The molecular formula is C51H52N2O10. The van der Waals surface area contributed by atoms with Gasteiger partial charge in [0.2, 0.25) is 0 Å².